The number of nitrogens with two attached hydrogens (primary N) is 1. The van der Waals surface area contributed by atoms with Crippen LogP contribution in [-0.2, 0) is 4.79 Å². The number of alkyl halides is 1. The number of allylic oxidation sites excluding steroid dienone is 5. The van der Waals surface area contributed by atoms with Gasteiger partial charge in [0.2, 0.25) is 5.88 Å². The molecule has 1 aliphatic carbocycles. The SMILES string of the molecule is CC1=NC2=CC=C(Oc3ncnn4cc(OC[C@H](C)[C@](C)(N)C(=O)O)c(C)c34)C(F)C2=C1. The Morgan fingerprint density at radius 1 is 1.41 bits per heavy atom. The summed E-state index contributed by atoms with van der Waals surface area (Å²) in [5.74, 6) is -0.817. The first kappa shape index (κ1) is 21.7. The van der Waals surface area contributed by atoms with E-state index in [0.717, 1.165) is 5.71 Å². The zero-order chi connectivity index (χ0) is 23.2. The molecule has 0 radical (unpaired) electrons. The molecule has 0 fully saturated rings. The van der Waals surface area contributed by atoms with Crippen molar-refractivity contribution in [3.63, 3.8) is 0 Å². The second-order valence-corrected chi connectivity index (χ2v) is 8.22. The first-order valence-corrected chi connectivity index (χ1v) is 10.1. The van der Waals surface area contributed by atoms with Crippen molar-refractivity contribution in [1.29, 1.82) is 0 Å². The zero-order valence-corrected chi connectivity index (χ0v) is 18.2. The van der Waals surface area contributed by atoms with Crippen molar-refractivity contribution in [3.8, 4) is 11.6 Å². The normalized spacial score (nSPS) is 20.5. The lowest BCUT2D eigenvalue weighted by Gasteiger charge is -2.26. The van der Waals surface area contributed by atoms with Crippen LogP contribution in [0, 0.1) is 12.8 Å². The third-order valence-corrected chi connectivity index (χ3v) is 5.82. The molecule has 3 heterocycles. The van der Waals surface area contributed by atoms with Crippen molar-refractivity contribution < 1.29 is 23.8 Å². The summed E-state index contributed by atoms with van der Waals surface area (Å²) in [6, 6.07) is 0. The van der Waals surface area contributed by atoms with Gasteiger partial charge in [-0.05, 0) is 39.0 Å². The van der Waals surface area contributed by atoms with Crippen LogP contribution in [0.2, 0.25) is 0 Å². The van der Waals surface area contributed by atoms with Crippen LogP contribution in [-0.4, -0.2) is 49.7 Å². The van der Waals surface area contributed by atoms with E-state index in [-0.39, 0.29) is 18.2 Å². The first-order chi connectivity index (χ1) is 15.1. The number of hydrogen-bond donors (Lipinski definition) is 2. The van der Waals surface area contributed by atoms with E-state index in [9.17, 15) is 9.90 Å². The van der Waals surface area contributed by atoms with Gasteiger partial charge in [-0.3, -0.25) is 9.79 Å². The highest BCUT2D eigenvalue weighted by atomic mass is 19.1. The smallest absolute Gasteiger partial charge is 0.323 e. The highest BCUT2D eigenvalue weighted by Crippen LogP contribution is 2.36. The van der Waals surface area contributed by atoms with Gasteiger partial charge < -0.3 is 20.3 Å². The predicted molar refractivity (Wildman–Crippen MR) is 115 cm³/mol. The fourth-order valence-corrected chi connectivity index (χ4v) is 3.44. The fraction of sp³-hybridized carbons (Fsp3) is 0.364. The van der Waals surface area contributed by atoms with Gasteiger partial charge >= 0.3 is 5.97 Å². The first-order valence-electron chi connectivity index (χ1n) is 10.1. The number of aliphatic imine (C=N–C) groups is 1. The third-order valence-electron chi connectivity index (χ3n) is 5.82. The number of aromatic nitrogens is 3. The van der Waals surface area contributed by atoms with Gasteiger partial charge in [-0.15, -0.1) is 0 Å². The van der Waals surface area contributed by atoms with Gasteiger partial charge in [0.25, 0.3) is 0 Å². The minimum atomic E-state index is -1.46. The highest BCUT2D eigenvalue weighted by Gasteiger charge is 2.35. The molecule has 10 heteroatoms. The van der Waals surface area contributed by atoms with Crippen LogP contribution in [0.4, 0.5) is 4.39 Å². The lowest BCUT2D eigenvalue weighted by atomic mass is 9.89. The number of halogens is 1. The molecule has 0 spiro atoms. The maximum Gasteiger partial charge on any atom is 0.323 e. The minimum absolute atomic E-state index is 0.0828. The van der Waals surface area contributed by atoms with E-state index in [1.54, 1.807) is 38.3 Å². The Morgan fingerprint density at radius 2 is 2.16 bits per heavy atom. The van der Waals surface area contributed by atoms with Crippen molar-refractivity contribution in [2.75, 3.05) is 6.61 Å². The minimum Gasteiger partial charge on any atom is -0.491 e. The maximum atomic E-state index is 15.0. The summed E-state index contributed by atoms with van der Waals surface area (Å²) >= 11 is 0. The largest absolute Gasteiger partial charge is 0.491 e. The standard InChI is InChI=1S/C22H24FN5O4/c1-11(22(4,24)21(29)30)9-31-17-8-28-19(13(17)3)20(25-10-26-28)32-16-6-5-15-14(18(16)23)7-12(2)27-15/h5-8,10-11,18H,9,24H2,1-4H3,(H,29,30)/t11-,18?,22-/m0/s1. The third kappa shape index (κ3) is 3.66. The molecule has 0 aromatic carbocycles. The topological polar surface area (TPSA) is 124 Å². The maximum absolute atomic E-state index is 15.0. The second-order valence-electron chi connectivity index (χ2n) is 8.22. The molecule has 2 aromatic heterocycles. The molecule has 2 aromatic rings. The number of carbonyl (C=O) groups is 1. The Balaban J connectivity index is 1.58. The number of nitrogens with zero attached hydrogens (tertiary/aromatic N) is 4. The number of hydrogen-bond acceptors (Lipinski definition) is 7. The lowest BCUT2D eigenvalue weighted by molar-refractivity contribution is -0.145. The molecule has 0 saturated carbocycles. The van der Waals surface area contributed by atoms with Crippen molar-refractivity contribution in [3.05, 3.63) is 53.3 Å². The van der Waals surface area contributed by atoms with E-state index in [1.165, 1.54) is 17.8 Å². The highest BCUT2D eigenvalue weighted by molar-refractivity contribution is 5.98. The van der Waals surface area contributed by atoms with E-state index in [1.807, 2.05) is 6.92 Å². The van der Waals surface area contributed by atoms with Crippen molar-refractivity contribution in [1.82, 2.24) is 14.6 Å². The van der Waals surface area contributed by atoms with Crippen LogP contribution in [0.1, 0.15) is 26.3 Å². The van der Waals surface area contributed by atoms with E-state index in [0.29, 0.717) is 28.1 Å². The van der Waals surface area contributed by atoms with Crippen LogP contribution < -0.4 is 15.2 Å². The molecule has 0 bridgehead atoms. The van der Waals surface area contributed by atoms with Gasteiger partial charge in [0.05, 0.1) is 18.5 Å². The molecular weight excluding hydrogens is 417 g/mol. The van der Waals surface area contributed by atoms with Crippen LogP contribution in [0.25, 0.3) is 5.52 Å². The summed E-state index contributed by atoms with van der Waals surface area (Å²) in [6.45, 7) is 6.83. The summed E-state index contributed by atoms with van der Waals surface area (Å²) in [5.41, 5.74) is 7.41. The molecule has 32 heavy (non-hydrogen) atoms. The zero-order valence-electron chi connectivity index (χ0n) is 18.2. The van der Waals surface area contributed by atoms with E-state index in [4.69, 9.17) is 15.2 Å². The van der Waals surface area contributed by atoms with E-state index in [2.05, 4.69) is 15.1 Å². The van der Waals surface area contributed by atoms with Crippen molar-refractivity contribution >= 4 is 17.2 Å². The number of aryl methyl sites for hydroxylation is 1. The molecule has 168 valence electrons. The summed E-state index contributed by atoms with van der Waals surface area (Å²) < 4.78 is 28.3. The van der Waals surface area contributed by atoms with Gasteiger partial charge in [0, 0.05) is 22.8 Å². The molecule has 2 aliphatic rings. The molecule has 3 atom stereocenters. The molecule has 0 amide bonds. The molecular formula is C22H24FN5O4. The summed E-state index contributed by atoms with van der Waals surface area (Å²) in [7, 11) is 0. The van der Waals surface area contributed by atoms with Gasteiger partial charge in [0.15, 0.2) is 6.17 Å². The van der Waals surface area contributed by atoms with Crippen LogP contribution in [0.15, 0.2) is 52.8 Å². The van der Waals surface area contributed by atoms with Crippen LogP contribution in [0.5, 0.6) is 11.6 Å². The molecule has 9 nitrogen and oxygen atoms in total. The van der Waals surface area contributed by atoms with Gasteiger partial charge in [-0.2, -0.15) is 10.1 Å². The average molecular weight is 441 g/mol. The molecule has 3 N–H and O–H groups in total. The monoisotopic (exact) mass is 441 g/mol. The molecule has 4 rings (SSSR count). The predicted octanol–water partition coefficient (Wildman–Crippen LogP) is 2.75. The van der Waals surface area contributed by atoms with E-state index >= 15 is 4.39 Å². The van der Waals surface area contributed by atoms with Crippen molar-refractivity contribution in [2.24, 2.45) is 16.6 Å². The van der Waals surface area contributed by atoms with Gasteiger partial charge in [-0.25, -0.2) is 8.91 Å². The molecule has 1 unspecified atom stereocenters. The van der Waals surface area contributed by atoms with Gasteiger partial charge in [-0.1, -0.05) is 6.92 Å². The van der Waals surface area contributed by atoms with E-state index < -0.39 is 23.6 Å². The quantitative estimate of drug-likeness (QED) is 0.677. The van der Waals surface area contributed by atoms with Crippen LogP contribution >= 0.6 is 0 Å². The van der Waals surface area contributed by atoms with Crippen molar-refractivity contribution in [2.45, 2.75) is 39.4 Å². The molecule has 1 aliphatic heterocycles. The number of carboxylic acid groups (broad SMARTS) is 1. The Kier molecular flexibility index (Phi) is 5.33. The Bertz CT molecular complexity index is 1220. The van der Waals surface area contributed by atoms with Gasteiger partial charge in [0.1, 0.15) is 28.9 Å². The Morgan fingerprint density at radius 3 is 2.88 bits per heavy atom. The van der Waals surface area contributed by atoms with Crippen LogP contribution in [0.3, 0.4) is 0 Å². The summed E-state index contributed by atoms with van der Waals surface area (Å²) in [6.07, 6.45) is 6.42. The number of rotatable bonds is 7. The number of carboxylic acids is 1. The Hall–Kier alpha value is -3.53. The summed E-state index contributed by atoms with van der Waals surface area (Å²) in [4.78, 5) is 19.8. The Labute approximate surface area is 183 Å². The lowest BCUT2D eigenvalue weighted by Crippen LogP contribution is -2.52. The second kappa shape index (κ2) is 7.86. The summed E-state index contributed by atoms with van der Waals surface area (Å²) in [5, 5.41) is 13.5. The number of fused-ring (bicyclic) bond motifs is 2. The number of aliphatic carboxylic acids is 1. The fourth-order valence-electron chi connectivity index (χ4n) is 3.44. The average Bonchev–Trinajstić information content (AvgIpc) is 3.28. The number of ether oxygens (including phenoxy) is 2. The molecule has 0 saturated heterocycles.